The Kier molecular flexibility index (Phi) is 7.58. The summed E-state index contributed by atoms with van der Waals surface area (Å²) in [5, 5.41) is 3.03. The van der Waals surface area contributed by atoms with Crippen LogP contribution in [0, 0.1) is 12.8 Å². The minimum atomic E-state index is 0.0265. The van der Waals surface area contributed by atoms with E-state index in [1.165, 1.54) is 0 Å². The maximum absolute atomic E-state index is 12.6. The number of hydrogen-bond acceptors (Lipinski definition) is 5. The number of likely N-dealkylation sites (tertiary alicyclic amines) is 2. The first-order valence-electron chi connectivity index (χ1n) is 11.5. The molecule has 2 fully saturated rings. The highest BCUT2D eigenvalue weighted by Crippen LogP contribution is 2.23. The van der Waals surface area contributed by atoms with Crippen molar-refractivity contribution in [2.75, 3.05) is 26.2 Å². The van der Waals surface area contributed by atoms with Gasteiger partial charge in [-0.15, -0.1) is 11.3 Å². The topological polar surface area (TPSA) is 62.7 Å². The number of nitrogens with zero attached hydrogens (tertiary/aromatic N) is 3. The highest BCUT2D eigenvalue weighted by molar-refractivity contribution is 7.09. The van der Waals surface area contributed by atoms with Crippen LogP contribution in [0.4, 0.5) is 0 Å². The van der Waals surface area contributed by atoms with Crippen molar-refractivity contribution in [3.8, 4) is 5.75 Å². The number of carbonyl (C=O) groups is 2. The molecule has 2 amide bonds. The number of hydrogen-bond donors (Lipinski definition) is 0. The van der Waals surface area contributed by atoms with Crippen molar-refractivity contribution in [1.29, 1.82) is 0 Å². The van der Waals surface area contributed by atoms with E-state index in [0.29, 0.717) is 24.9 Å². The van der Waals surface area contributed by atoms with E-state index in [2.05, 4.69) is 4.98 Å². The molecule has 2 saturated heterocycles. The van der Waals surface area contributed by atoms with Crippen molar-refractivity contribution >= 4 is 29.2 Å². The molecule has 1 aromatic carbocycles. The Morgan fingerprint density at radius 1 is 1.16 bits per heavy atom. The summed E-state index contributed by atoms with van der Waals surface area (Å²) < 4.78 is 5.83. The monoisotopic (exact) mass is 453 g/mol. The van der Waals surface area contributed by atoms with Crippen LogP contribution in [0.25, 0.3) is 6.08 Å². The molecule has 0 unspecified atom stereocenters. The molecule has 0 N–H and O–H groups in total. The first kappa shape index (κ1) is 22.5. The van der Waals surface area contributed by atoms with E-state index in [9.17, 15) is 9.59 Å². The van der Waals surface area contributed by atoms with Crippen molar-refractivity contribution in [2.24, 2.45) is 5.92 Å². The molecule has 1 aromatic heterocycles. The number of aryl methyl sites for hydroxylation is 1. The molecule has 0 radical (unpaired) electrons. The normalized spacial score (nSPS) is 17.3. The molecular weight excluding hydrogens is 422 g/mol. The average Bonchev–Trinajstić information content (AvgIpc) is 3.49. The molecule has 0 aliphatic carbocycles. The van der Waals surface area contributed by atoms with E-state index in [-0.39, 0.29) is 5.91 Å². The number of thiazole rings is 1. The number of rotatable bonds is 7. The predicted octanol–water partition coefficient (Wildman–Crippen LogP) is 4.29. The molecule has 170 valence electrons. The van der Waals surface area contributed by atoms with Crippen molar-refractivity contribution < 1.29 is 14.3 Å². The van der Waals surface area contributed by atoms with Crippen molar-refractivity contribution in [3.63, 3.8) is 0 Å². The predicted molar refractivity (Wildman–Crippen MR) is 126 cm³/mol. The summed E-state index contributed by atoms with van der Waals surface area (Å²) in [4.78, 5) is 33.3. The van der Waals surface area contributed by atoms with Crippen LogP contribution in [0.2, 0.25) is 0 Å². The summed E-state index contributed by atoms with van der Waals surface area (Å²) in [6.07, 6.45) is 8.17. The summed E-state index contributed by atoms with van der Waals surface area (Å²) in [5.74, 6) is 1.47. The van der Waals surface area contributed by atoms with Gasteiger partial charge in [0.05, 0.1) is 10.7 Å². The van der Waals surface area contributed by atoms with Gasteiger partial charge in [0.1, 0.15) is 12.4 Å². The van der Waals surface area contributed by atoms with E-state index in [0.717, 1.165) is 73.9 Å². The number of amides is 2. The van der Waals surface area contributed by atoms with Gasteiger partial charge < -0.3 is 14.5 Å². The van der Waals surface area contributed by atoms with Crippen LogP contribution >= 0.6 is 11.3 Å². The highest BCUT2D eigenvalue weighted by Gasteiger charge is 2.26. The second-order valence-corrected chi connectivity index (χ2v) is 9.68. The minimum Gasteiger partial charge on any atom is -0.487 e. The lowest BCUT2D eigenvalue weighted by molar-refractivity contribution is -0.131. The molecule has 3 heterocycles. The third-order valence-electron chi connectivity index (χ3n) is 6.18. The average molecular weight is 454 g/mol. The Morgan fingerprint density at radius 2 is 1.94 bits per heavy atom. The smallest absolute Gasteiger partial charge is 0.246 e. The molecule has 6 nitrogen and oxygen atoms in total. The fourth-order valence-corrected chi connectivity index (χ4v) is 4.91. The molecule has 2 aliphatic rings. The third-order valence-corrected chi connectivity index (χ3v) is 7.00. The Bertz CT molecular complexity index is 957. The maximum atomic E-state index is 12.6. The van der Waals surface area contributed by atoms with Gasteiger partial charge in [-0.25, -0.2) is 4.98 Å². The number of piperidine rings is 1. The van der Waals surface area contributed by atoms with Crippen LogP contribution < -0.4 is 4.74 Å². The van der Waals surface area contributed by atoms with Gasteiger partial charge in [0.25, 0.3) is 0 Å². The Balaban J connectivity index is 1.23. The first-order valence-corrected chi connectivity index (χ1v) is 12.3. The zero-order chi connectivity index (χ0) is 22.3. The van der Waals surface area contributed by atoms with Crippen molar-refractivity contribution in [1.82, 2.24) is 14.8 Å². The van der Waals surface area contributed by atoms with E-state index >= 15 is 0 Å². The van der Waals surface area contributed by atoms with Crippen LogP contribution in [0.3, 0.4) is 0 Å². The zero-order valence-electron chi connectivity index (χ0n) is 18.7. The van der Waals surface area contributed by atoms with E-state index in [1.54, 1.807) is 17.4 Å². The van der Waals surface area contributed by atoms with Gasteiger partial charge in [-0.05, 0) is 62.3 Å². The molecule has 7 heteroatoms. The number of carbonyl (C=O) groups excluding carboxylic acids is 2. The van der Waals surface area contributed by atoms with Gasteiger partial charge in [0.15, 0.2) is 0 Å². The van der Waals surface area contributed by atoms with Gasteiger partial charge in [-0.1, -0.05) is 12.1 Å². The Morgan fingerprint density at radius 3 is 2.66 bits per heavy atom. The number of ether oxygens (including phenoxy) is 1. The molecule has 2 aromatic rings. The van der Waals surface area contributed by atoms with Crippen LogP contribution in [0.15, 0.2) is 35.7 Å². The molecule has 0 spiro atoms. The zero-order valence-corrected chi connectivity index (χ0v) is 19.5. The molecule has 0 bridgehead atoms. The largest absolute Gasteiger partial charge is 0.487 e. The summed E-state index contributed by atoms with van der Waals surface area (Å²) in [5.41, 5.74) is 1.85. The third kappa shape index (κ3) is 6.19. The maximum Gasteiger partial charge on any atom is 0.246 e. The first-order chi connectivity index (χ1) is 15.6. The Labute approximate surface area is 193 Å². The van der Waals surface area contributed by atoms with Gasteiger partial charge >= 0.3 is 0 Å². The van der Waals surface area contributed by atoms with Crippen LogP contribution in [0.5, 0.6) is 5.75 Å². The SMILES string of the molecule is Cc1nc(COc2cccc(/C=C/C(=O)N3CCC(CC(=O)N4CCCC4)CC3)c2)cs1. The molecule has 2 aliphatic heterocycles. The lowest BCUT2D eigenvalue weighted by Gasteiger charge is -2.31. The fourth-order valence-electron chi connectivity index (χ4n) is 4.31. The Hall–Kier alpha value is -2.67. The summed E-state index contributed by atoms with van der Waals surface area (Å²) in [7, 11) is 0. The van der Waals surface area contributed by atoms with Crippen LogP contribution in [-0.4, -0.2) is 52.8 Å². The van der Waals surface area contributed by atoms with Gasteiger partial charge in [0, 0.05) is 44.1 Å². The van der Waals surface area contributed by atoms with E-state index in [1.807, 2.05) is 52.4 Å². The van der Waals surface area contributed by atoms with Crippen LogP contribution in [-0.2, 0) is 16.2 Å². The minimum absolute atomic E-state index is 0.0265. The number of aromatic nitrogens is 1. The van der Waals surface area contributed by atoms with Gasteiger partial charge in [0.2, 0.25) is 11.8 Å². The lowest BCUT2D eigenvalue weighted by atomic mass is 9.93. The summed E-state index contributed by atoms with van der Waals surface area (Å²) in [6.45, 7) is 5.68. The number of benzene rings is 1. The quantitative estimate of drug-likeness (QED) is 0.587. The standard InChI is InChI=1S/C25H31N3O3S/c1-19-26-22(18-32-19)17-31-23-6-4-5-20(15-23)7-8-24(29)28-13-9-21(10-14-28)16-25(30)27-11-2-3-12-27/h4-8,15,18,21H,2-3,9-14,16-17H2,1H3/b8-7+. The van der Waals surface area contributed by atoms with E-state index < -0.39 is 0 Å². The molecular formula is C25H31N3O3S. The van der Waals surface area contributed by atoms with Gasteiger partial charge in [-0.2, -0.15) is 0 Å². The summed E-state index contributed by atoms with van der Waals surface area (Å²) in [6, 6.07) is 7.72. The lowest BCUT2D eigenvalue weighted by Crippen LogP contribution is -2.39. The van der Waals surface area contributed by atoms with Crippen molar-refractivity contribution in [3.05, 3.63) is 52.0 Å². The fraction of sp³-hybridized carbons (Fsp3) is 0.480. The molecule has 4 rings (SSSR count). The molecule has 32 heavy (non-hydrogen) atoms. The van der Waals surface area contributed by atoms with Crippen molar-refractivity contribution in [2.45, 2.75) is 45.6 Å². The summed E-state index contributed by atoms with van der Waals surface area (Å²) >= 11 is 1.61. The second-order valence-electron chi connectivity index (χ2n) is 8.61. The van der Waals surface area contributed by atoms with Crippen LogP contribution in [0.1, 0.15) is 48.4 Å². The highest BCUT2D eigenvalue weighted by atomic mass is 32.1. The molecule has 0 atom stereocenters. The second kappa shape index (κ2) is 10.8. The van der Waals surface area contributed by atoms with E-state index in [4.69, 9.17) is 4.74 Å². The molecule has 0 saturated carbocycles. The van der Waals surface area contributed by atoms with Gasteiger partial charge in [-0.3, -0.25) is 9.59 Å².